The maximum atomic E-state index is 10.2. The first kappa shape index (κ1) is 12.4. The summed E-state index contributed by atoms with van der Waals surface area (Å²) in [4.78, 5) is 2.45. The van der Waals surface area contributed by atoms with Gasteiger partial charge in [0.2, 0.25) is 0 Å². The average molecular weight is 225 g/mol. The molecule has 94 valence electrons. The van der Waals surface area contributed by atoms with E-state index < -0.39 is 0 Å². The minimum atomic E-state index is -0.0933. The number of hydrogen-bond acceptors (Lipinski definition) is 2. The molecule has 0 saturated heterocycles. The van der Waals surface area contributed by atoms with Crippen LogP contribution in [0.25, 0.3) is 0 Å². The molecule has 2 fully saturated rings. The van der Waals surface area contributed by atoms with Gasteiger partial charge in [0.1, 0.15) is 0 Å². The van der Waals surface area contributed by atoms with Gasteiger partial charge in [-0.2, -0.15) is 0 Å². The fourth-order valence-corrected chi connectivity index (χ4v) is 3.11. The van der Waals surface area contributed by atoms with Crippen LogP contribution in [0.3, 0.4) is 0 Å². The lowest BCUT2D eigenvalue weighted by molar-refractivity contribution is -0.0104. The molecule has 2 rings (SSSR count). The van der Waals surface area contributed by atoms with Gasteiger partial charge < -0.3 is 5.11 Å². The number of aliphatic hydroxyl groups is 1. The summed E-state index contributed by atoms with van der Waals surface area (Å²) in [6.45, 7) is 7.01. The number of likely N-dealkylation sites (N-methyl/N-ethyl adjacent to an activating group) is 1. The highest BCUT2D eigenvalue weighted by Gasteiger charge is 2.40. The summed E-state index contributed by atoms with van der Waals surface area (Å²) in [6, 6.07) is 1.17. The first-order valence-corrected chi connectivity index (χ1v) is 6.79. The molecule has 0 aromatic carbocycles. The number of nitrogens with zero attached hydrogens (tertiary/aromatic N) is 1. The molecule has 0 amide bonds. The Morgan fingerprint density at radius 3 is 2.19 bits per heavy atom. The van der Waals surface area contributed by atoms with Crippen molar-refractivity contribution in [3.63, 3.8) is 0 Å². The third-order valence-electron chi connectivity index (χ3n) is 4.65. The van der Waals surface area contributed by atoms with Gasteiger partial charge >= 0.3 is 0 Å². The lowest BCUT2D eigenvalue weighted by Crippen LogP contribution is -2.48. The SMILES string of the molecule is CN(C1CC1)C1CC(C(C)(C)C)CCC1O. The third kappa shape index (κ3) is 2.60. The molecule has 16 heavy (non-hydrogen) atoms. The maximum absolute atomic E-state index is 10.2. The van der Waals surface area contributed by atoms with Gasteiger partial charge in [-0.15, -0.1) is 0 Å². The molecule has 0 aromatic heterocycles. The highest BCUT2D eigenvalue weighted by atomic mass is 16.3. The molecule has 0 heterocycles. The second kappa shape index (κ2) is 4.30. The van der Waals surface area contributed by atoms with Crippen molar-refractivity contribution in [1.82, 2.24) is 4.90 Å². The van der Waals surface area contributed by atoms with E-state index in [-0.39, 0.29) is 6.10 Å². The number of hydrogen-bond donors (Lipinski definition) is 1. The van der Waals surface area contributed by atoms with Crippen LogP contribution in [0.1, 0.15) is 52.9 Å². The smallest absolute Gasteiger partial charge is 0.0695 e. The van der Waals surface area contributed by atoms with Crippen LogP contribution in [-0.2, 0) is 0 Å². The first-order chi connectivity index (χ1) is 7.39. The van der Waals surface area contributed by atoms with Crippen LogP contribution < -0.4 is 0 Å². The van der Waals surface area contributed by atoms with Crippen LogP contribution in [0.2, 0.25) is 0 Å². The Kier molecular flexibility index (Phi) is 3.33. The molecule has 0 aromatic rings. The minimum Gasteiger partial charge on any atom is -0.391 e. The van der Waals surface area contributed by atoms with Crippen LogP contribution >= 0.6 is 0 Å². The quantitative estimate of drug-likeness (QED) is 0.781. The molecule has 1 N–H and O–H groups in total. The van der Waals surface area contributed by atoms with Crippen LogP contribution in [-0.4, -0.2) is 35.2 Å². The lowest BCUT2D eigenvalue weighted by atomic mass is 9.70. The fraction of sp³-hybridized carbons (Fsp3) is 1.00. The van der Waals surface area contributed by atoms with Crippen molar-refractivity contribution in [2.45, 2.75) is 71.1 Å². The van der Waals surface area contributed by atoms with E-state index in [1.54, 1.807) is 0 Å². The zero-order chi connectivity index (χ0) is 11.9. The zero-order valence-electron chi connectivity index (χ0n) is 11.2. The summed E-state index contributed by atoms with van der Waals surface area (Å²) >= 11 is 0. The standard InChI is InChI=1S/C14H27NO/c1-14(2,3)10-5-8-13(16)12(9-10)15(4)11-6-7-11/h10-13,16H,5-9H2,1-4H3. The van der Waals surface area contributed by atoms with Crippen LogP contribution in [0.4, 0.5) is 0 Å². The number of aliphatic hydroxyl groups excluding tert-OH is 1. The van der Waals surface area contributed by atoms with Crippen LogP contribution in [0, 0.1) is 11.3 Å². The molecular formula is C14H27NO. The average Bonchev–Trinajstić information content (AvgIpc) is 2.98. The Hall–Kier alpha value is -0.0800. The Balaban J connectivity index is 1.99. The van der Waals surface area contributed by atoms with Crippen molar-refractivity contribution in [3.05, 3.63) is 0 Å². The van der Waals surface area contributed by atoms with Crippen molar-refractivity contribution >= 4 is 0 Å². The Labute approximate surface area is 100 Å². The van der Waals surface area contributed by atoms with E-state index in [0.29, 0.717) is 11.5 Å². The predicted molar refractivity (Wildman–Crippen MR) is 67.4 cm³/mol. The molecular weight excluding hydrogens is 198 g/mol. The minimum absolute atomic E-state index is 0.0933. The summed E-state index contributed by atoms with van der Waals surface area (Å²) in [7, 11) is 2.20. The molecule has 3 unspecified atom stereocenters. The van der Waals surface area contributed by atoms with E-state index in [0.717, 1.165) is 18.4 Å². The highest BCUT2D eigenvalue weighted by Crippen LogP contribution is 2.41. The van der Waals surface area contributed by atoms with Gasteiger partial charge in [0.15, 0.2) is 0 Å². The van der Waals surface area contributed by atoms with Crippen LogP contribution in [0.15, 0.2) is 0 Å². The summed E-state index contributed by atoms with van der Waals surface area (Å²) in [5.41, 5.74) is 0.392. The van der Waals surface area contributed by atoms with E-state index in [9.17, 15) is 5.11 Å². The summed E-state index contributed by atoms with van der Waals surface area (Å²) in [6.07, 6.45) is 5.94. The van der Waals surface area contributed by atoms with Gasteiger partial charge in [-0.1, -0.05) is 20.8 Å². The van der Waals surface area contributed by atoms with Crippen molar-refractivity contribution in [2.24, 2.45) is 11.3 Å². The largest absolute Gasteiger partial charge is 0.391 e. The molecule has 2 aliphatic rings. The van der Waals surface area contributed by atoms with E-state index in [1.165, 1.54) is 25.7 Å². The molecule has 2 heteroatoms. The normalized spacial score (nSPS) is 36.8. The summed E-state index contributed by atoms with van der Waals surface area (Å²) < 4.78 is 0. The molecule has 0 aliphatic heterocycles. The highest BCUT2D eigenvalue weighted by molar-refractivity contribution is 4.94. The van der Waals surface area contributed by atoms with Crippen molar-refractivity contribution in [3.8, 4) is 0 Å². The molecule has 3 atom stereocenters. The van der Waals surface area contributed by atoms with Gasteiger partial charge in [-0.25, -0.2) is 0 Å². The van der Waals surface area contributed by atoms with E-state index in [2.05, 4.69) is 32.7 Å². The van der Waals surface area contributed by atoms with Crippen molar-refractivity contribution in [1.29, 1.82) is 0 Å². The van der Waals surface area contributed by atoms with Crippen molar-refractivity contribution < 1.29 is 5.11 Å². The van der Waals surface area contributed by atoms with E-state index >= 15 is 0 Å². The maximum Gasteiger partial charge on any atom is 0.0695 e. The Morgan fingerprint density at radius 2 is 1.69 bits per heavy atom. The second-order valence-electron chi connectivity index (χ2n) is 6.91. The van der Waals surface area contributed by atoms with Gasteiger partial charge in [0.05, 0.1) is 6.10 Å². The topological polar surface area (TPSA) is 23.5 Å². The molecule has 0 spiro atoms. The zero-order valence-corrected chi connectivity index (χ0v) is 11.2. The Morgan fingerprint density at radius 1 is 1.06 bits per heavy atom. The molecule has 2 aliphatic carbocycles. The fourth-order valence-electron chi connectivity index (χ4n) is 3.11. The Bertz CT molecular complexity index is 242. The molecule has 2 nitrogen and oxygen atoms in total. The molecule has 0 radical (unpaired) electrons. The molecule has 2 saturated carbocycles. The van der Waals surface area contributed by atoms with Gasteiger partial charge in [-0.3, -0.25) is 4.90 Å². The van der Waals surface area contributed by atoms with Gasteiger partial charge in [0.25, 0.3) is 0 Å². The van der Waals surface area contributed by atoms with Crippen LogP contribution in [0.5, 0.6) is 0 Å². The third-order valence-corrected chi connectivity index (χ3v) is 4.65. The van der Waals surface area contributed by atoms with E-state index in [4.69, 9.17) is 0 Å². The lowest BCUT2D eigenvalue weighted by Gasteiger charge is -2.43. The summed E-state index contributed by atoms with van der Waals surface area (Å²) in [5, 5.41) is 10.2. The number of rotatable bonds is 2. The predicted octanol–water partition coefficient (Wildman–Crippen LogP) is 2.66. The van der Waals surface area contributed by atoms with Gasteiger partial charge in [0, 0.05) is 12.1 Å². The summed E-state index contributed by atoms with van der Waals surface area (Å²) in [5.74, 6) is 0.766. The van der Waals surface area contributed by atoms with E-state index in [1.807, 2.05) is 0 Å². The first-order valence-electron chi connectivity index (χ1n) is 6.79. The van der Waals surface area contributed by atoms with Crippen molar-refractivity contribution in [2.75, 3.05) is 7.05 Å². The van der Waals surface area contributed by atoms with Gasteiger partial charge in [-0.05, 0) is 50.5 Å². The second-order valence-corrected chi connectivity index (χ2v) is 6.91. The monoisotopic (exact) mass is 225 g/mol. The molecule has 0 bridgehead atoms.